The van der Waals surface area contributed by atoms with Crippen molar-refractivity contribution in [2.75, 3.05) is 6.61 Å². The topological polar surface area (TPSA) is 183 Å². The Morgan fingerprint density at radius 1 is 1.07 bits per heavy atom. The summed E-state index contributed by atoms with van der Waals surface area (Å²) in [5.41, 5.74) is -1.14. The third-order valence-corrected chi connectivity index (χ3v) is 4.48. The number of aliphatic carboxylic acids is 1. The monoisotopic (exact) mass is 430 g/mol. The number of rotatable bonds is 9. The van der Waals surface area contributed by atoms with Gasteiger partial charge in [-0.25, -0.2) is 0 Å². The second-order valence-corrected chi connectivity index (χ2v) is 7.36. The van der Waals surface area contributed by atoms with E-state index in [4.69, 9.17) is 19.3 Å². The molecule has 0 aromatic heterocycles. The molecule has 2 rings (SSSR count). The second kappa shape index (κ2) is 10.2. The fourth-order valence-corrected chi connectivity index (χ4v) is 2.88. The van der Waals surface area contributed by atoms with Crippen molar-refractivity contribution in [1.82, 2.24) is 0 Å². The SMILES string of the molecule is C[C@](O)(CC(=O)O)CC(=O)OCc1ccc(O[C@H]2O[C@H](CO)[C@@H](O)[C@H](O)[C@H]2O)cc1. The molecule has 0 bridgehead atoms. The van der Waals surface area contributed by atoms with Crippen LogP contribution < -0.4 is 4.74 Å². The number of carboxylic acid groups (broad SMARTS) is 1. The van der Waals surface area contributed by atoms with Crippen molar-refractivity contribution in [2.45, 2.75) is 62.7 Å². The van der Waals surface area contributed by atoms with Gasteiger partial charge in [0.05, 0.1) is 25.0 Å². The van der Waals surface area contributed by atoms with Gasteiger partial charge in [-0.05, 0) is 24.6 Å². The molecule has 1 aliphatic heterocycles. The van der Waals surface area contributed by atoms with Crippen molar-refractivity contribution < 1.29 is 54.4 Å². The van der Waals surface area contributed by atoms with Crippen molar-refractivity contribution in [3.8, 4) is 5.75 Å². The summed E-state index contributed by atoms with van der Waals surface area (Å²) in [4.78, 5) is 22.4. The minimum absolute atomic E-state index is 0.123. The number of carbonyl (C=O) groups excluding carboxylic acids is 1. The molecule has 0 saturated carbocycles. The maximum absolute atomic E-state index is 11.8. The zero-order valence-electron chi connectivity index (χ0n) is 16.2. The van der Waals surface area contributed by atoms with Crippen LogP contribution in [-0.2, 0) is 25.7 Å². The Morgan fingerprint density at radius 2 is 1.70 bits per heavy atom. The fraction of sp³-hybridized carbons (Fsp3) is 0.579. The summed E-state index contributed by atoms with van der Waals surface area (Å²) >= 11 is 0. The van der Waals surface area contributed by atoms with Crippen molar-refractivity contribution in [3.05, 3.63) is 29.8 Å². The lowest BCUT2D eigenvalue weighted by molar-refractivity contribution is -0.277. The Balaban J connectivity index is 1.88. The van der Waals surface area contributed by atoms with E-state index >= 15 is 0 Å². The molecular weight excluding hydrogens is 404 g/mol. The molecular formula is C19H26O11. The van der Waals surface area contributed by atoms with Crippen LogP contribution in [-0.4, -0.2) is 85.5 Å². The van der Waals surface area contributed by atoms with E-state index in [0.717, 1.165) is 0 Å². The van der Waals surface area contributed by atoms with Crippen molar-refractivity contribution in [1.29, 1.82) is 0 Å². The van der Waals surface area contributed by atoms with Gasteiger partial charge in [-0.3, -0.25) is 9.59 Å². The minimum Gasteiger partial charge on any atom is -0.481 e. The average molecular weight is 430 g/mol. The maximum Gasteiger partial charge on any atom is 0.309 e. The molecule has 1 heterocycles. The van der Waals surface area contributed by atoms with Crippen LogP contribution in [0.5, 0.6) is 5.75 Å². The van der Waals surface area contributed by atoms with E-state index in [0.29, 0.717) is 5.56 Å². The molecule has 1 aliphatic rings. The van der Waals surface area contributed by atoms with Crippen LogP contribution in [0.3, 0.4) is 0 Å². The van der Waals surface area contributed by atoms with Crippen LogP contribution in [0, 0.1) is 0 Å². The Bertz CT molecular complexity index is 716. The van der Waals surface area contributed by atoms with Gasteiger partial charge in [0.1, 0.15) is 36.8 Å². The molecule has 0 amide bonds. The number of ether oxygens (including phenoxy) is 3. The van der Waals surface area contributed by atoms with Crippen molar-refractivity contribution in [2.24, 2.45) is 0 Å². The number of benzene rings is 1. The van der Waals surface area contributed by atoms with Crippen LogP contribution in [0.25, 0.3) is 0 Å². The summed E-state index contributed by atoms with van der Waals surface area (Å²) < 4.78 is 15.7. The smallest absolute Gasteiger partial charge is 0.309 e. The Hall–Kier alpha value is -2.28. The van der Waals surface area contributed by atoms with Crippen LogP contribution in [0.2, 0.25) is 0 Å². The van der Waals surface area contributed by atoms with Crippen LogP contribution in [0.1, 0.15) is 25.3 Å². The first-order valence-corrected chi connectivity index (χ1v) is 9.18. The van der Waals surface area contributed by atoms with E-state index in [-0.39, 0.29) is 12.4 Å². The van der Waals surface area contributed by atoms with E-state index < -0.39 is 67.7 Å². The lowest BCUT2D eigenvalue weighted by atomic mass is 9.98. The first-order valence-electron chi connectivity index (χ1n) is 9.18. The normalized spacial score (nSPS) is 28.4. The molecule has 11 heteroatoms. The minimum atomic E-state index is -1.72. The molecule has 1 fully saturated rings. The zero-order valence-corrected chi connectivity index (χ0v) is 16.2. The lowest BCUT2D eigenvalue weighted by Crippen LogP contribution is -2.60. The highest BCUT2D eigenvalue weighted by molar-refractivity contribution is 5.73. The van der Waals surface area contributed by atoms with Crippen LogP contribution in [0.15, 0.2) is 24.3 Å². The summed E-state index contributed by atoms with van der Waals surface area (Å²) in [6.07, 6.45) is -8.06. The van der Waals surface area contributed by atoms with E-state index in [1.54, 1.807) is 12.1 Å². The van der Waals surface area contributed by atoms with Gasteiger partial charge in [0.15, 0.2) is 0 Å². The molecule has 30 heavy (non-hydrogen) atoms. The number of aliphatic hydroxyl groups excluding tert-OH is 4. The van der Waals surface area contributed by atoms with Gasteiger partial charge in [0.25, 0.3) is 0 Å². The molecule has 0 radical (unpaired) electrons. The van der Waals surface area contributed by atoms with Gasteiger partial charge in [0, 0.05) is 0 Å². The van der Waals surface area contributed by atoms with E-state index in [2.05, 4.69) is 0 Å². The largest absolute Gasteiger partial charge is 0.481 e. The molecule has 11 nitrogen and oxygen atoms in total. The molecule has 168 valence electrons. The molecule has 1 saturated heterocycles. The van der Waals surface area contributed by atoms with E-state index in [1.807, 2.05) is 0 Å². The zero-order chi connectivity index (χ0) is 22.5. The molecule has 1 aromatic rings. The number of carbonyl (C=O) groups is 2. The molecule has 6 atom stereocenters. The van der Waals surface area contributed by atoms with Gasteiger partial charge >= 0.3 is 11.9 Å². The number of aliphatic hydroxyl groups is 5. The summed E-state index contributed by atoms with van der Waals surface area (Å²) in [5.74, 6) is -1.75. The molecule has 1 aromatic carbocycles. The Morgan fingerprint density at radius 3 is 2.27 bits per heavy atom. The standard InChI is InChI=1S/C19H26O11/c1-19(27,6-13(21)22)7-14(23)28-9-10-2-4-11(5-3-10)29-18-17(26)16(25)15(24)12(8-20)30-18/h2-5,12,15-18,20,24-27H,6-9H2,1H3,(H,21,22)/t12-,15-,16+,17-,18+,19+/m1/s1. The number of carboxylic acids is 1. The van der Waals surface area contributed by atoms with E-state index in [9.17, 15) is 35.1 Å². The summed E-state index contributed by atoms with van der Waals surface area (Å²) in [6, 6.07) is 6.10. The van der Waals surface area contributed by atoms with Crippen molar-refractivity contribution >= 4 is 11.9 Å². The van der Waals surface area contributed by atoms with Gasteiger partial charge in [-0.1, -0.05) is 12.1 Å². The quantitative estimate of drug-likeness (QED) is 0.251. The highest BCUT2D eigenvalue weighted by atomic mass is 16.7. The third-order valence-electron chi connectivity index (χ3n) is 4.48. The predicted molar refractivity (Wildman–Crippen MR) is 98.1 cm³/mol. The second-order valence-electron chi connectivity index (χ2n) is 7.36. The summed E-state index contributed by atoms with van der Waals surface area (Å²) in [5, 5.41) is 57.2. The highest BCUT2D eigenvalue weighted by Gasteiger charge is 2.44. The molecule has 0 unspecified atom stereocenters. The predicted octanol–water partition coefficient (Wildman–Crippen LogP) is -1.48. The van der Waals surface area contributed by atoms with Gasteiger partial charge in [0.2, 0.25) is 6.29 Å². The fourth-order valence-electron chi connectivity index (χ4n) is 2.88. The number of hydrogen-bond donors (Lipinski definition) is 6. The number of esters is 1. The first kappa shape index (κ1) is 24.0. The third kappa shape index (κ3) is 6.62. The lowest BCUT2D eigenvalue weighted by Gasteiger charge is -2.39. The first-order chi connectivity index (χ1) is 14.0. The number of hydrogen-bond acceptors (Lipinski definition) is 10. The Labute approximate surface area is 172 Å². The molecule has 6 N–H and O–H groups in total. The maximum atomic E-state index is 11.8. The van der Waals surface area contributed by atoms with Crippen LogP contribution in [0.4, 0.5) is 0 Å². The summed E-state index contributed by atoms with van der Waals surface area (Å²) in [6.45, 7) is 0.532. The molecule has 0 spiro atoms. The van der Waals surface area contributed by atoms with Gasteiger partial charge in [-0.2, -0.15) is 0 Å². The molecule has 0 aliphatic carbocycles. The van der Waals surface area contributed by atoms with Crippen molar-refractivity contribution in [3.63, 3.8) is 0 Å². The van der Waals surface area contributed by atoms with Gasteiger partial charge in [-0.15, -0.1) is 0 Å². The van der Waals surface area contributed by atoms with E-state index in [1.165, 1.54) is 19.1 Å². The highest BCUT2D eigenvalue weighted by Crippen LogP contribution is 2.24. The average Bonchev–Trinajstić information content (AvgIpc) is 2.66. The van der Waals surface area contributed by atoms with Crippen LogP contribution >= 0.6 is 0 Å². The summed E-state index contributed by atoms with van der Waals surface area (Å²) in [7, 11) is 0. The van der Waals surface area contributed by atoms with Gasteiger partial charge < -0.3 is 44.8 Å². The Kier molecular flexibility index (Phi) is 8.12.